The molecule has 0 fully saturated rings. The molecule has 0 aliphatic heterocycles. The van der Waals surface area contributed by atoms with Crippen LogP contribution in [0.15, 0.2) is 47.4 Å². The van der Waals surface area contributed by atoms with Gasteiger partial charge in [0.1, 0.15) is 4.90 Å². The minimum atomic E-state index is -3.75. The van der Waals surface area contributed by atoms with Crippen LogP contribution < -0.4 is 4.72 Å². The van der Waals surface area contributed by atoms with Gasteiger partial charge < -0.3 is 0 Å². The molecule has 19 heavy (non-hydrogen) atoms. The molecule has 0 saturated heterocycles. The smallest absolute Gasteiger partial charge is 0.263 e. The highest BCUT2D eigenvalue weighted by Crippen LogP contribution is 2.28. The fourth-order valence-electron chi connectivity index (χ4n) is 1.43. The van der Waals surface area contributed by atoms with Crippen LogP contribution in [0.5, 0.6) is 0 Å². The Morgan fingerprint density at radius 2 is 1.68 bits per heavy atom. The molecule has 3 nitrogen and oxygen atoms in total. The van der Waals surface area contributed by atoms with Crippen molar-refractivity contribution in [2.24, 2.45) is 0 Å². The lowest BCUT2D eigenvalue weighted by Gasteiger charge is -2.10. The van der Waals surface area contributed by atoms with E-state index >= 15 is 0 Å². The average Bonchev–Trinajstić information content (AvgIpc) is 2.33. The van der Waals surface area contributed by atoms with Gasteiger partial charge in [0, 0.05) is 3.57 Å². The number of hydrogen-bond donors (Lipinski definition) is 1. The van der Waals surface area contributed by atoms with Crippen molar-refractivity contribution in [3.05, 3.63) is 56.1 Å². The first kappa shape index (κ1) is 14.9. The predicted molar refractivity (Wildman–Crippen MR) is 86.4 cm³/mol. The highest BCUT2D eigenvalue weighted by molar-refractivity contribution is 14.1. The van der Waals surface area contributed by atoms with E-state index in [1.165, 1.54) is 12.1 Å². The minimum absolute atomic E-state index is 0.0197. The summed E-state index contributed by atoms with van der Waals surface area (Å²) in [6.07, 6.45) is 0. The fraction of sp³-hybridized carbons (Fsp3) is 0. The Morgan fingerprint density at radius 3 is 2.32 bits per heavy atom. The zero-order valence-corrected chi connectivity index (χ0v) is 13.9. The van der Waals surface area contributed by atoms with Crippen LogP contribution >= 0.6 is 45.8 Å². The van der Waals surface area contributed by atoms with Crippen molar-refractivity contribution >= 4 is 61.5 Å². The first-order valence-corrected chi connectivity index (χ1v) is 8.44. The molecule has 0 amide bonds. The molecule has 0 aliphatic rings. The van der Waals surface area contributed by atoms with Gasteiger partial charge in [-0.25, -0.2) is 8.42 Å². The predicted octanol–water partition coefficient (Wildman–Crippen LogP) is 4.40. The van der Waals surface area contributed by atoms with Gasteiger partial charge >= 0.3 is 0 Å². The van der Waals surface area contributed by atoms with Gasteiger partial charge in [0.05, 0.1) is 15.7 Å². The summed E-state index contributed by atoms with van der Waals surface area (Å²) in [5, 5.41) is 0.499. The number of nitrogens with one attached hydrogen (secondary N) is 1. The third-order valence-electron chi connectivity index (χ3n) is 2.30. The Balaban J connectivity index is 2.40. The summed E-state index contributed by atoms with van der Waals surface area (Å²) in [7, 11) is -3.75. The molecule has 2 rings (SSSR count). The molecule has 0 heterocycles. The van der Waals surface area contributed by atoms with Crippen molar-refractivity contribution < 1.29 is 8.42 Å². The molecule has 100 valence electrons. The van der Waals surface area contributed by atoms with E-state index in [-0.39, 0.29) is 9.92 Å². The zero-order chi connectivity index (χ0) is 14.0. The Bertz CT molecular complexity index is 719. The van der Waals surface area contributed by atoms with E-state index in [0.29, 0.717) is 10.7 Å². The molecule has 0 aliphatic carbocycles. The second-order valence-electron chi connectivity index (χ2n) is 3.66. The molecular weight excluding hydrogens is 420 g/mol. The van der Waals surface area contributed by atoms with Crippen LogP contribution in [0.1, 0.15) is 0 Å². The van der Waals surface area contributed by atoms with E-state index in [1.807, 2.05) is 0 Å². The fourth-order valence-corrected chi connectivity index (χ4v) is 3.99. The molecule has 0 spiro atoms. The maximum atomic E-state index is 12.2. The Hall–Kier alpha value is -0.500. The summed E-state index contributed by atoms with van der Waals surface area (Å²) < 4.78 is 27.8. The molecule has 2 aromatic rings. The van der Waals surface area contributed by atoms with Crippen LogP contribution in [-0.2, 0) is 10.0 Å². The highest BCUT2D eigenvalue weighted by atomic mass is 127. The van der Waals surface area contributed by atoms with Crippen molar-refractivity contribution in [2.75, 3.05) is 4.72 Å². The lowest BCUT2D eigenvalue weighted by Crippen LogP contribution is -2.13. The molecule has 0 bridgehead atoms. The molecule has 0 aromatic heterocycles. The van der Waals surface area contributed by atoms with Crippen LogP contribution in [0.25, 0.3) is 0 Å². The zero-order valence-electron chi connectivity index (χ0n) is 9.40. The molecule has 0 atom stereocenters. The van der Waals surface area contributed by atoms with Gasteiger partial charge in [-0.15, -0.1) is 0 Å². The van der Waals surface area contributed by atoms with Crippen molar-refractivity contribution in [2.45, 2.75) is 4.90 Å². The molecule has 0 unspecified atom stereocenters. The van der Waals surface area contributed by atoms with E-state index in [2.05, 4.69) is 27.3 Å². The van der Waals surface area contributed by atoms with E-state index < -0.39 is 10.0 Å². The van der Waals surface area contributed by atoms with Crippen molar-refractivity contribution in [1.82, 2.24) is 0 Å². The number of benzene rings is 2. The quantitative estimate of drug-likeness (QED) is 0.738. The van der Waals surface area contributed by atoms with Crippen LogP contribution in [0.3, 0.4) is 0 Å². The third kappa shape index (κ3) is 3.53. The standard InChI is InChI=1S/C12H8Cl2INO2S/c13-9-3-1-2-4-12(9)19(17,18)16-11-6-5-8(15)7-10(11)14/h1-7,16H. The second kappa shape index (κ2) is 5.87. The number of halogens is 3. The summed E-state index contributed by atoms with van der Waals surface area (Å²) in [6, 6.07) is 11.3. The molecule has 2 aromatic carbocycles. The number of hydrogen-bond acceptors (Lipinski definition) is 2. The summed E-state index contributed by atoms with van der Waals surface area (Å²) >= 11 is 14.0. The van der Waals surface area contributed by atoms with Gasteiger partial charge in [-0.05, 0) is 52.9 Å². The maximum absolute atomic E-state index is 12.2. The van der Waals surface area contributed by atoms with Gasteiger partial charge in [0.25, 0.3) is 10.0 Å². The monoisotopic (exact) mass is 427 g/mol. The molecule has 1 N–H and O–H groups in total. The average molecular weight is 428 g/mol. The van der Waals surface area contributed by atoms with Crippen LogP contribution in [0.2, 0.25) is 10.0 Å². The lowest BCUT2D eigenvalue weighted by molar-refractivity contribution is 0.601. The van der Waals surface area contributed by atoms with E-state index in [4.69, 9.17) is 23.2 Å². The third-order valence-corrected chi connectivity index (χ3v) is 5.15. The first-order chi connectivity index (χ1) is 8.90. The van der Waals surface area contributed by atoms with Gasteiger partial charge in [-0.2, -0.15) is 0 Å². The van der Waals surface area contributed by atoms with Gasteiger partial charge in [-0.3, -0.25) is 4.72 Å². The van der Waals surface area contributed by atoms with Crippen molar-refractivity contribution in [3.8, 4) is 0 Å². The van der Waals surface area contributed by atoms with Crippen LogP contribution in [-0.4, -0.2) is 8.42 Å². The van der Waals surface area contributed by atoms with Gasteiger partial charge in [0.2, 0.25) is 0 Å². The summed E-state index contributed by atoms with van der Waals surface area (Å²) in [4.78, 5) is 0.0197. The Kier molecular flexibility index (Phi) is 4.60. The van der Waals surface area contributed by atoms with Gasteiger partial charge in [0.15, 0.2) is 0 Å². The highest BCUT2D eigenvalue weighted by Gasteiger charge is 2.18. The summed E-state index contributed by atoms with van der Waals surface area (Å²) in [5.41, 5.74) is 0.321. The SMILES string of the molecule is O=S(=O)(Nc1ccc(I)cc1Cl)c1ccccc1Cl. The molecule has 7 heteroatoms. The minimum Gasteiger partial charge on any atom is -0.278 e. The molecule has 0 saturated carbocycles. The van der Waals surface area contributed by atoms with E-state index in [0.717, 1.165) is 3.57 Å². The number of sulfonamides is 1. The number of anilines is 1. The van der Waals surface area contributed by atoms with Crippen molar-refractivity contribution in [1.29, 1.82) is 0 Å². The van der Waals surface area contributed by atoms with Gasteiger partial charge in [-0.1, -0.05) is 35.3 Å². The van der Waals surface area contributed by atoms with Crippen molar-refractivity contribution in [3.63, 3.8) is 0 Å². The van der Waals surface area contributed by atoms with Crippen LogP contribution in [0.4, 0.5) is 5.69 Å². The van der Waals surface area contributed by atoms with E-state index in [9.17, 15) is 8.42 Å². The second-order valence-corrected chi connectivity index (χ2v) is 7.37. The first-order valence-electron chi connectivity index (χ1n) is 5.12. The largest absolute Gasteiger partial charge is 0.278 e. The maximum Gasteiger partial charge on any atom is 0.263 e. The Morgan fingerprint density at radius 1 is 1.00 bits per heavy atom. The van der Waals surface area contributed by atoms with Crippen LogP contribution in [0, 0.1) is 3.57 Å². The molecular formula is C12H8Cl2INO2S. The summed E-state index contributed by atoms with van der Waals surface area (Å²) in [5.74, 6) is 0. The topological polar surface area (TPSA) is 46.2 Å². The normalized spacial score (nSPS) is 11.3. The summed E-state index contributed by atoms with van der Waals surface area (Å²) in [6.45, 7) is 0. The Labute approximate surface area is 135 Å². The number of rotatable bonds is 3. The van der Waals surface area contributed by atoms with E-state index in [1.54, 1.807) is 30.3 Å². The molecule has 0 radical (unpaired) electrons. The lowest BCUT2D eigenvalue weighted by atomic mass is 10.3.